The highest BCUT2D eigenvalue weighted by molar-refractivity contribution is 5.44. The standard InChI is InChI=1S/C23H23N5O2/c1-17-8-10-18(11-9-17)15-24-16-19-12-13-21(22(14-19)29-2)30-23-25-26-27-28(23)20-6-4-3-5-7-20/h3-14,24H,15-16H2,1-2H3. The van der Waals surface area contributed by atoms with E-state index >= 15 is 0 Å². The van der Waals surface area contributed by atoms with Crippen molar-refractivity contribution in [3.63, 3.8) is 0 Å². The highest BCUT2D eigenvalue weighted by Crippen LogP contribution is 2.32. The number of tetrazole rings is 1. The predicted octanol–water partition coefficient (Wildman–Crippen LogP) is 4.06. The average molecular weight is 401 g/mol. The van der Waals surface area contributed by atoms with Crippen molar-refractivity contribution in [2.75, 3.05) is 7.11 Å². The normalized spacial score (nSPS) is 10.7. The van der Waals surface area contributed by atoms with Crippen molar-refractivity contribution < 1.29 is 9.47 Å². The van der Waals surface area contributed by atoms with Crippen molar-refractivity contribution in [3.05, 3.63) is 89.5 Å². The lowest BCUT2D eigenvalue weighted by Crippen LogP contribution is -2.12. The van der Waals surface area contributed by atoms with Crippen LogP contribution in [0.15, 0.2) is 72.8 Å². The second kappa shape index (κ2) is 9.19. The fourth-order valence-corrected chi connectivity index (χ4v) is 3.04. The van der Waals surface area contributed by atoms with Crippen molar-refractivity contribution in [3.8, 4) is 23.2 Å². The van der Waals surface area contributed by atoms with E-state index in [2.05, 4.69) is 52.0 Å². The molecule has 4 aromatic rings. The van der Waals surface area contributed by atoms with Crippen LogP contribution in [0.5, 0.6) is 17.5 Å². The van der Waals surface area contributed by atoms with Gasteiger partial charge < -0.3 is 14.8 Å². The molecule has 1 N–H and O–H groups in total. The topological polar surface area (TPSA) is 74.1 Å². The summed E-state index contributed by atoms with van der Waals surface area (Å²) in [4.78, 5) is 0. The third kappa shape index (κ3) is 4.64. The van der Waals surface area contributed by atoms with Gasteiger partial charge in [0.25, 0.3) is 0 Å². The Labute approximate surface area is 175 Å². The number of hydrogen-bond acceptors (Lipinski definition) is 6. The summed E-state index contributed by atoms with van der Waals surface area (Å²) in [5, 5.41) is 15.2. The van der Waals surface area contributed by atoms with Crippen molar-refractivity contribution in [1.82, 2.24) is 25.5 Å². The zero-order chi connectivity index (χ0) is 20.8. The van der Waals surface area contributed by atoms with Gasteiger partial charge in [-0.25, -0.2) is 0 Å². The first-order valence-electron chi connectivity index (χ1n) is 9.68. The largest absolute Gasteiger partial charge is 0.493 e. The molecule has 0 aliphatic heterocycles. The van der Waals surface area contributed by atoms with E-state index in [-0.39, 0.29) is 6.01 Å². The maximum atomic E-state index is 5.95. The van der Waals surface area contributed by atoms with Crippen LogP contribution in [0.4, 0.5) is 0 Å². The molecule has 0 spiro atoms. The lowest BCUT2D eigenvalue weighted by molar-refractivity contribution is 0.362. The molecule has 1 heterocycles. The second-order valence-corrected chi connectivity index (χ2v) is 6.89. The molecular formula is C23H23N5O2. The minimum Gasteiger partial charge on any atom is -0.493 e. The SMILES string of the molecule is COc1cc(CNCc2ccc(C)cc2)ccc1Oc1nnnn1-c1ccccc1. The summed E-state index contributed by atoms with van der Waals surface area (Å²) in [6.07, 6.45) is 0. The monoisotopic (exact) mass is 401 g/mol. The molecule has 30 heavy (non-hydrogen) atoms. The fraction of sp³-hybridized carbons (Fsp3) is 0.174. The van der Waals surface area contributed by atoms with Crippen LogP contribution < -0.4 is 14.8 Å². The van der Waals surface area contributed by atoms with Gasteiger partial charge in [0.15, 0.2) is 11.5 Å². The summed E-state index contributed by atoms with van der Waals surface area (Å²) in [7, 11) is 1.62. The molecule has 0 amide bonds. The Morgan fingerprint density at radius 3 is 2.37 bits per heavy atom. The molecule has 3 aromatic carbocycles. The van der Waals surface area contributed by atoms with Crippen molar-refractivity contribution in [1.29, 1.82) is 0 Å². The molecule has 0 bridgehead atoms. The number of nitrogens with zero attached hydrogens (tertiary/aromatic N) is 4. The van der Waals surface area contributed by atoms with E-state index in [9.17, 15) is 0 Å². The van der Waals surface area contributed by atoms with E-state index in [0.29, 0.717) is 18.0 Å². The van der Waals surface area contributed by atoms with Crippen LogP contribution in [0, 0.1) is 6.92 Å². The average Bonchev–Trinajstić information content (AvgIpc) is 3.25. The van der Waals surface area contributed by atoms with Crippen LogP contribution in [0.3, 0.4) is 0 Å². The van der Waals surface area contributed by atoms with Gasteiger partial charge in [-0.2, -0.15) is 4.68 Å². The Morgan fingerprint density at radius 2 is 1.60 bits per heavy atom. The molecule has 152 valence electrons. The van der Waals surface area contributed by atoms with Gasteiger partial charge in [0.2, 0.25) is 0 Å². The molecule has 0 radical (unpaired) electrons. The Balaban J connectivity index is 1.44. The van der Waals surface area contributed by atoms with Gasteiger partial charge in [0.1, 0.15) is 0 Å². The molecule has 0 saturated heterocycles. The van der Waals surface area contributed by atoms with E-state index in [1.165, 1.54) is 15.8 Å². The van der Waals surface area contributed by atoms with E-state index in [4.69, 9.17) is 9.47 Å². The first-order valence-corrected chi connectivity index (χ1v) is 9.68. The molecule has 4 rings (SSSR count). The van der Waals surface area contributed by atoms with E-state index < -0.39 is 0 Å². The number of nitrogens with one attached hydrogen (secondary N) is 1. The molecule has 0 saturated carbocycles. The highest BCUT2D eigenvalue weighted by Gasteiger charge is 2.14. The Hall–Kier alpha value is -3.71. The smallest absolute Gasteiger partial charge is 0.346 e. The minimum absolute atomic E-state index is 0.268. The molecular weight excluding hydrogens is 378 g/mol. The van der Waals surface area contributed by atoms with Gasteiger partial charge in [-0.1, -0.05) is 59.2 Å². The number of hydrogen-bond donors (Lipinski definition) is 1. The van der Waals surface area contributed by atoms with Crippen LogP contribution in [0.25, 0.3) is 5.69 Å². The summed E-state index contributed by atoms with van der Waals surface area (Å²) < 4.78 is 13.0. The van der Waals surface area contributed by atoms with Gasteiger partial charge in [-0.3, -0.25) is 0 Å². The zero-order valence-electron chi connectivity index (χ0n) is 16.9. The van der Waals surface area contributed by atoms with Crippen LogP contribution in [-0.4, -0.2) is 27.3 Å². The number of aromatic nitrogens is 4. The molecule has 0 fully saturated rings. The van der Waals surface area contributed by atoms with Crippen LogP contribution >= 0.6 is 0 Å². The fourth-order valence-electron chi connectivity index (χ4n) is 3.04. The van der Waals surface area contributed by atoms with E-state index in [0.717, 1.165) is 17.8 Å². The summed E-state index contributed by atoms with van der Waals surface area (Å²) in [5.41, 5.74) is 4.42. The predicted molar refractivity (Wildman–Crippen MR) is 114 cm³/mol. The van der Waals surface area contributed by atoms with Gasteiger partial charge in [-0.05, 0) is 52.7 Å². The summed E-state index contributed by atoms with van der Waals surface area (Å²) in [6, 6.07) is 24.2. The molecule has 0 atom stereocenters. The minimum atomic E-state index is 0.268. The Bertz CT molecular complexity index is 1090. The molecule has 0 aliphatic rings. The van der Waals surface area contributed by atoms with Crippen molar-refractivity contribution in [2.45, 2.75) is 20.0 Å². The van der Waals surface area contributed by atoms with Crippen LogP contribution in [0.1, 0.15) is 16.7 Å². The van der Waals surface area contributed by atoms with Gasteiger partial charge in [0, 0.05) is 13.1 Å². The van der Waals surface area contributed by atoms with Gasteiger partial charge >= 0.3 is 6.01 Å². The maximum Gasteiger partial charge on any atom is 0.346 e. The van der Waals surface area contributed by atoms with Crippen molar-refractivity contribution in [2.24, 2.45) is 0 Å². The third-order valence-corrected chi connectivity index (χ3v) is 4.65. The van der Waals surface area contributed by atoms with Crippen molar-refractivity contribution >= 4 is 0 Å². The number of aryl methyl sites for hydroxylation is 1. The Morgan fingerprint density at radius 1 is 0.867 bits per heavy atom. The number of rotatable bonds is 8. The summed E-state index contributed by atoms with van der Waals surface area (Å²) in [5.74, 6) is 1.17. The van der Waals surface area contributed by atoms with Gasteiger partial charge in [0.05, 0.1) is 12.8 Å². The second-order valence-electron chi connectivity index (χ2n) is 6.89. The molecule has 0 unspecified atom stereocenters. The third-order valence-electron chi connectivity index (χ3n) is 4.65. The number of para-hydroxylation sites is 1. The lowest BCUT2D eigenvalue weighted by atomic mass is 10.1. The first-order chi connectivity index (χ1) is 14.7. The summed E-state index contributed by atoms with van der Waals surface area (Å²) in [6.45, 7) is 3.60. The van der Waals surface area contributed by atoms with Crippen LogP contribution in [-0.2, 0) is 13.1 Å². The van der Waals surface area contributed by atoms with Gasteiger partial charge in [-0.15, -0.1) is 0 Å². The highest BCUT2D eigenvalue weighted by atomic mass is 16.5. The van der Waals surface area contributed by atoms with Crippen LogP contribution in [0.2, 0.25) is 0 Å². The Kier molecular flexibility index (Phi) is 6.01. The molecule has 0 aliphatic carbocycles. The quantitative estimate of drug-likeness (QED) is 0.480. The van der Waals surface area contributed by atoms with E-state index in [1.54, 1.807) is 7.11 Å². The number of benzene rings is 3. The first kappa shape index (κ1) is 19.6. The molecule has 1 aromatic heterocycles. The maximum absolute atomic E-state index is 5.95. The van der Waals surface area contributed by atoms with E-state index in [1.807, 2.05) is 48.5 Å². The summed E-state index contributed by atoms with van der Waals surface area (Å²) >= 11 is 0. The number of methoxy groups -OCH3 is 1. The zero-order valence-corrected chi connectivity index (χ0v) is 16.9. The lowest BCUT2D eigenvalue weighted by Gasteiger charge is -2.12. The molecule has 7 nitrogen and oxygen atoms in total. The number of ether oxygens (including phenoxy) is 2. The molecule has 7 heteroatoms.